The van der Waals surface area contributed by atoms with Gasteiger partial charge in [-0.3, -0.25) is 0 Å². The van der Waals surface area contributed by atoms with Crippen LogP contribution in [-0.2, 0) is 12.1 Å². The minimum Gasteiger partial charge on any atom is -0.305 e. The lowest BCUT2D eigenvalue weighted by Crippen LogP contribution is -2.49. The molecule has 1 aromatic rings. The Morgan fingerprint density at radius 2 is 2.12 bits per heavy atom. The molecule has 4 heteroatoms. The van der Waals surface area contributed by atoms with Gasteiger partial charge < -0.3 is 5.32 Å². The Labute approximate surface area is 104 Å². The van der Waals surface area contributed by atoms with Crippen LogP contribution in [0.1, 0.15) is 59.1 Å². The van der Waals surface area contributed by atoms with Crippen LogP contribution in [0.4, 0.5) is 0 Å². The number of nitrogens with one attached hydrogen (secondary N) is 1. The zero-order chi connectivity index (χ0) is 12.5. The molecule has 4 nitrogen and oxygen atoms in total. The van der Waals surface area contributed by atoms with E-state index in [9.17, 15) is 0 Å². The van der Waals surface area contributed by atoms with Crippen molar-refractivity contribution in [1.29, 1.82) is 0 Å². The van der Waals surface area contributed by atoms with E-state index in [0.29, 0.717) is 5.54 Å². The van der Waals surface area contributed by atoms with Gasteiger partial charge in [0.15, 0.2) is 0 Å². The summed E-state index contributed by atoms with van der Waals surface area (Å²) < 4.78 is 1.93. The Kier molecular flexibility index (Phi) is 3.25. The van der Waals surface area contributed by atoms with Crippen LogP contribution in [-0.4, -0.2) is 20.5 Å². The molecule has 0 unspecified atom stereocenters. The van der Waals surface area contributed by atoms with Gasteiger partial charge in [0.05, 0.1) is 17.4 Å². The second-order valence-electron chi connectivity index (χ2n) is 6.17. The maximum atomic E-state index is 4.23. The van der Waals surface area contributed by atoms with Gasteiger partial charge in [-0.15, -0.1) is 5.10 Å². The molecule has 1 aromatic heterocycles. The SMILES string of the molecule is CCC1(NCc2cn(C(C)(C)C)nn2)CCC1. The van der Waals surface area contributed by atoms with E-state index in [1.807, 2.05) is 4.68 Å². The van der Waals surface area contributed by atoms with E-state index in [-0.39, 0.29) is 5.54 Å². The first-order valence-electron chi connectivity index (χ1n) is 6.62. The Morgan fingerprint density at radius 1 is 1.41 bits per heavy atom. The molecule has 0 saturated heterocycles. The molecule has 0 bridgehead atoms. The lowest BCUT2D eigenvalue weighted by Gasteiger charge is -2.42. The quantitative estimate of drug-likeness (QED) is 0.873. The fourth-order valence-electron chi connectivity index (χ4n) is 2.24. The van der Waals surface area contributed by atoms with E-state index >= 15 is 0 Å². The third-order valence-electron chi connectivity index (χ3n) is 3.86. The van der Waals surface area contributed by atoms with Crippen molar-refractivity contribution in [2.75, 3.05) is 0 Å². The maximum absolute atomic E-state index is 4.23. The zero-order valence-corrected chi connectivity index (χ0v) is 11.5. The monoisotopic (exact) mass is 236 g/mol. The molecule has 1 aliphatic rings. The van der Waals surface area contributed by atoms with Gasteiger partial charge in [0, 0.05) is 12.1 Å². The highest BCUT2D eigenvalue weighted by atomic mass is 15.4. The molecule has 0 aliphatic heterocycles. The smallest absolute Gasteiger partial charge is 0.0965 e. The summed E-state index contributed by atoms with van der Waals surface area (Å²) in [5.74, 6) is 0. The van der Waals surface area contributed by atoms with Crippen LogP contribution in [0.3, 0.4) is 0 Å². The lowest BCUT2D eigenvalue weighted by atomic mass is 9.75. The summed E-state index contributed by atoms with van der Waals surface area (Å²) in [4.78, 5) is 0. The molecular formula is C13H24N4. The van der Waals surface area contributed by atoms with Crippen LogP contribution in [0.25, 0.3) is 0 Å². The molecule has 0 spiro atoms. The Bertz CT molecular complexity index is 366. The largest absolute Gasteiger partial charge is 0.305 e. The van der Waals surface area contributed by atoms with E-state index in [4.69, 9.17) is 0 Å². The van der Waals surface area contributed by atoms with E-state index in [2.05, 4.69) is 49.5 Å². The summed E-state index contributed by atoms with van der Waals surface area (Å²) in [6.07, 6.45) is 7.22. The van der Waals surface area contributed by atoms with Crippen molar-refractivity contribution in [3.63, 3.8) is 0 Å². The molecule has 1 N–H and O–H groups in total. The van der Waals surface area contributed by atoms with Gasteiger partial charge in [-0.1, -0.05) is 12.1 Å². The number of nitrogens with zero attached hydrogens (tertiary/aromatic N) is 3. The van der Waals surface area contributed by atoms with Crippen LogP contribution in [0.2, 0.25) is 0 Å². The average molecular weight is 236 g/mol. The molecule has 1 saturated carbocycles. The van der Waals surface area contributed by atoms with Crippen molar-refractivity contribution in [2.45, 2.75) is 71.0 Å². The first-order valence-corrected chi connectivity index (χ1v) is 6.62. The number of hydrogen-bond acceptors (Lipinski definition) is 3. The van der Waals surface area contributed by atoms with Crippen LogP contribution in [0, 0.1) is 0 Å². The number of aromatic nitrogens is 3. The van der Waals surface area contributed by atoms with Gasteiger partial charge in [-0.25, -0.2) is 4.68 Å². The molecule has 1 aliphatic carbocycles. The van der Waals surface area contributed by atoms with Crippen molar-refractivity contribution < 1.29 is 0 Å². The van der Waals surface area contributed by atoms with E-state index in [0.717, 1.165) is 12.2 Å². The first kappa shape index (κ1) is 12.6. The highest BCUT2D eigenvalue weighted by molar-refractivity contribution is 5.00. The van der Waals surface area contributed by atoms with Crippen molar-refractivity contribution in [2.24, 2.45) is 0 Å². The summed E-state index contributed by atoms with van der Waals surface area (Å²) in [5, 5.41) is 12.1. The van der Waals surface area contributed by atoms with Crippen molar-refractivity contribution in [3.8, 4) is 0 Å². The Balaban J connectivity index is 1.93. The Morgan fingerprint density at radius 3 is 2.53 bits per heavy atom. The topological polar surface area (TPSA) is 42.7 Å². The van der Waals surface area contributed by atoms with Crippen LogP contribution in [0.15, 0.2) is 6.20 Å². The Hall–Kier alpha value is -0.900. The second kappa shape index (κ2) is 4.41. The molecular weight excluding hydrogens is 212 g/mol. The van der Waals surface area contributed by atoms with Crippen LogP contribution < -0.4 is 5.32 Å². The van der Waals surface area contributed by atoms with Gasteiger partial charge in [0.2, 0.25) is 0 Å². The molecule has 0 radical (unpaired) electrons. The number of rotatable bonds is 4. The van der Waals surface area contributed by atoms with Gasteiger partial charge in [-0.05, 0) is 46.5 Å². The molecule has 17 heavy (non-hydrogen) atoms. The fraction of sp³-hybridized carbons (Fsp3) is 0.846. The summed E-state index contributed by atoms with van der Waals surface area (Å²) >= 11 is 0. The average Bonchev–Trinajstić information content (AvgIpc) is 2.65. The molecule has 2 rings (SSSR count). The first-order chi connectivity index (χ1) is 7.95. The van der Waals surface area contributed by atoms with Crippen LogP contribution >= 0.6 is 0 Å². The molecule has 0 aromatic carbocycles. The third kappa shape index (κ3) is 2.68. The van der Waals surface area contributed by atoms with Crippen molar-refractivity contribution >= 4 is 0 Å². The minimum absolute atomic E-state index is 0.0180. The molecule has 0 amide bonds. The predicted molar refractivity (Wildman–Crippen MR) is 68.7 cm³/mol. The third-order valence-corrected chi connectivity index (χ3v) is 3.86. The van der Waals surface area contributed by atoms with Gasteiger partial charge in [0.25, 0.3) is 0 Å². The fourth-order valence-corrected chi connectivity index (χ4v) is 2.24. The highest BCUT2D eigenvalue weighted by Crippen LogP contribution is 2.34. The normalized spacial score (nSPS) is 19.1. The predicted octanol–water partition coefficient (Wildman–Crippen LogP) is 2.46. The molecule has 1 fully saturated rings. The van der Waals surface area contributed by atoms with Gasteiger partial charge in [0.1, 0.15) is 0 Å². The highest BCUT2D eigenvalue weighted by Gasteiger charge is 2.34. The summed E-state index contributed by atoms with van der Waals surface area (Å²) in [7, 11) is 0. The van der Waals surface area contributed by atoms with Crippen LogP contribution in [0.5, 0.6) is 0 Å². The van der Waals surface area contributed by atoms with E-state index in [1.54, 1.807) is 0 Å². The second-order valence-corrected chi connectivity index (χ2v) is 6.17. The molecule has 96 valence electrons. The van der Waals surface area contributed by atoms with Gasteiger partial charge >= 0.3 is 0 Å². The molecule has 1 heterocycles. The number of hydrogen-bond donors (Lipinski definition) is 1. The summed E-state index contributed by atoms with van der Waals surface area (Å²) in [5.41, 5.74) is 1.44. The van der Waals surface area contributed by atoms with E-state index in [1.165, 1.54) is 25.7 Å². The van der Waals surface area contributed by atoms with Crippen molar-refractivity contribution in [1.82, 2.24) is 20.3 Å². The standard InChI is InChI=1S/C13H24N4/c1-5-13(7-6-8-13)14-9-11-10-17(16-15-11)12(2,3)4/h10,14H,5-9H2,1-4H3. The molecule has 0 atom stereocenters. The maximum Gasteiger partial charge on any atom is 0.0965 e. The zero-order valence-electron chi connectivity index (χ0n) is 11.5. The summed E-state index contributed by atoms with van der Waals surface area (Å²) in [6.45, 7) is 9.51. The lowest BCUT2D eigenvalue weighted by molar-refractivity contribution is 0.175. The minimum atomic E-state index is 0.0180. The van der Waals surface area contributed by atoms with Crippen molar-refractivity contribution in [3.05, 3.63) is 11.9 Å². The summed E-state index contributed by atoms with van der Waals surface area (Å²) in [6, 6.07) is 0. The van der Waals surface area contributed by atoms with E-state index < -0.39 is 0 Å². The van der Waals surface area contributed by atoms with Gasteiger partial charge in [-0.2, -0.15) is 0 Å².